The lowest BCUT2D eigenvalue weighted by Crippen LogP contribution is -2.29. The van der Waals surface area contributed by atoms with Crippen molar-refractivity contribution in [2.24, 2.45) is 14.1 Å². The number of benzene rings is 2. The lowest BCUT2D eigenvalue weighted by Gasteiger charge is -2.08. The van der Waals surface area contributed by atoms with Crippen LogP contribution in [0.3, 0.4) is 0 Å². The lowest BCUT2D eigenvalue weighted by atomic mass is 10.2. The van der Waals surface area contributed by atoms with Gasteiger partial charge in [0.1, 0.15) is 0 Å². The zero-order valence-corrected chi connectivity index (χ0v) is 32.0. The minimum absolute atomic E-state index is 0.338. The number of hydrogen-bond acceptors (Lipinski definition) is 8. The van der Waals surface area contributed by atoms with E-state index in [1.54, 1.807) is 42.6 Å². The fraction of sp³-hybridized carbons (Fsp3) is 0.312. The first-order chi connectivity index (χ1) is 23.4. The van der Waals surface area contributed by atoms with E-state index in [1.807, 2.05) is 41.0 Å². The molecule has 2 aromatic carbocycles. The molecule has 12 nitrogen and oxygen atoms in total. The van der Waals surface area contributed by atoms with Crippen molar-refractivity contribution in [3.05, 3.63) is 116 Å². The number of fused-ring (bicyclic) bond motifs is 2. The molecule has 17 heteroatoms. The Balaban J connectivity index is 0.000000201. The summed E-state index contributed by atoms with van der Waals surface area (Å²) in [5, 5.41) is 2.04. The molecule has 0 fully saturated rings. The number of nitrogens with one attached hydrogen (secondary N) is 2. The number of aromatic nitrogens is 8. The number of nitrogens with zero attached hydrogens (tertiary/aromatic N) is 6. The van der Waals surface area contributed by atoms with Crippen LogP contribution in [0, 0.1) is 0 Å². The number of thioether (sulfide) groups is 1. The van der Waals surface area contributed by atoms with Crippen LogP contribution >= 0.6 is 63.5 Å². The van der Waals surface area contributed by atoms with E-state index in [1.165, 1.54) is 15.6 Å². The molecule has 6 aromatic rings. The Morgan fingerprint density at radius 1 is 0.735 bits per heavy atom. The fourth-order valence-electron chi connectivity index (χ4n) is 4.56. The zero-order valence-electron chi connectivity index (χ0n) is 27.2. The van der Waals surface area contributed by atoms with Crippen LogP contribution < -0.4 is 22.5 Å². The summed E-state index contributed by atoms with van der Waals surface area (Å²) < 4.78 is 6.72. The van der Waals surface area contributed by atoms with Gasteiger partial charge >= 0.3 is 11.4 Å². The van der Waals surface area contributed by atoms with Crippen molar-refractivity contribution in [2.75, 3.05) is 11.5 Å². The number of aromatic amines is 2. The van der Waals surface area contributed by atoms with Crippen LogP contribution in [0.5, 0.6) is 0 Å². The summed E-state index contributed by atoms with van der Waals surface area (Å²) >= 11 is 20.6. The molecule has 2 N–H and O–H groups in total. The Bertz CT molecular complexity index is 2290. The van der Waals surface area contributed by atoms with Gasteiger partial charge in [0.15, 0.2) is 32.2 Å². The topological polar surface area (TPSA) is 145 Å². The summed E-state index contributed by atoms with van der Waals surface area (Å²) in [6, 6.07) is 14.8. The van der Waals surface area contributed by atoms with Gasteiger partial charge in [-0.05, 0) is 69.9 Å². The number of imidazole rings is 2. The molecule has 49 heavy (non-hydrogen) atoms. The molecule has 0 saturated heterocycles. The second kappa shape index (κ2) is 17.4. The highest BCUT2D eigenvalue weighted by molar-refractivity contribution is 9.10. The van der Waals surface area contributed by atoms with Crippen LogP contribution in [0.2, 0.25) is 10.0 Å². The molecule has 0 aliphatic carbocycles. The summed E-state index contributed by atoms with van der Waals surface area (Å²) in [6.45, 7) is 5.12. The highest BCUT2D eigenvalue weighted by Crippen LogP contribution is 2.24. The second-order valence-electron chi connectivity index (χ2n) is 10.8. The van der Waals surface area contributed by atoms with Crippen molar-refractivity contribution in [1.82, 2.24) is 38.2 Å². The van der Waals surface area contributed by atoms with Crippen LogP contribution in [0.25, 0.3) is 22.3 Å². The van der Waals surface area contributed by atoms with Crippen LogP contribution in [0.1, 0.15) is 37.8 Å². The predicted octanol–water partition coefficient (Wildman–Crippen LogP) is 5.84. The molecule has 6 rings (SSSR count). The molecule has 0 aliphatic heterocycles. The first-order valence-corrected chi connectivity index (χ1v) is 18.3. The average molecular weight is 811 g/mol. The highest BCUT2D eigenvalue weighted by Gasteiger charge is 2.18. The molecule has 4 aromatic heterocycles. The standard InChI is InChI=1S/C16H17ClN4O2S.C13H10BrClN4O2.C3H8S/c1-3-8-24-16-18-13-12(14(22)19-15(23)20(13)2)21(16)9-10-4-6-11(17)7-5-10;1-18-10-9(11(20)17-13(18)21)19(12(14)16-10)6-7-2-4-8(15)5-3-7;1-2-3-4/h4-7H,3,8-9H2,1-2H3,(H,19,22,23);2-5H,6H2,1H3,(H,17,20,21);4H,2-3H2,1H3. The quantitative estimate of drug-likeness (QED) is 0.0996. The maximum atomic E-state index is 12.3. The highest BCUT2D eigenvalue weighted by atomic mass is 79.9. The number of hydrogen-bond donors (Lipinski definition) is 3. The molecular weight excluding hydrogens is 775 g/mol. The van der Waals surface area contributed by atoms with Gasteiger partial charge in [-0.25, -0.2) is 19.6 Å². The monoisotopic (exact) mass is 808 g/mol. The Hall–Kier alpha value is -3.50. The summed E-state index contributed by atoms with van der Waals surface area (Å²) in [5.74, 6) is 1.90. The van der Waals surface area contributed by atoms with E-state index in [0.29, 0.717) is 50.2 Å². The third-order valence-corrected chi connectivity index (χ3v) is 9.84. The average Bonchev–Trinajstić information content (AvgIpc) is 3.61. The van der Waals surface area contributed by atoms with Crippen molar-refractivity contribution in [2.45, 2.75) is 44.9 Å². The molecule has 0 bridgehead atoms. The van der Waals surface area contributed by atoms with Gasteiger partial charge in [0.05, 0.1) is 13.1 Å². The SMILES string of the molecule is CCCS.CCCSc1nc2c(c(=O)[nH]c(=O)n2C)n1Cc1ccc(Cl)cc1.Cn1c(=O)[nH]c(=O)c2c1nc(Br)n2Cc1ccc(Cl)cc1. The van der Waals surface area contributed by atoms with Gasteiger partial charge in [-0.15, -0.1) is 0 Å². The van der Waals surface area contributed by atoms with Crippen molar-refractivity contribution in [3.63, 3.8) is 0 Å². The second-order valence-corrected chi connectivity index (χ2v) is 13.8. The summed E-state index contributed by atoms with van der Waals surface area (Å²) in [7, 11) is 3.17. The normalized spacial score (nSPS) is 10.9. The molecule has 0 atom stereocenters. The van der Waals surface area contributed by atoms with Crippen LogP contribution in [0.4, 0.5) is 0 Å². The summed E-state index contributed by atoms with van der Waals surface area (Å²) in [4.78, 5) is 61.2. The Morgan fingerprint density at radius 2 is 1.16 bits per heavy atom. The van der Waals surface area contributed by atoms with Gasteiger partial charge in [-0.3, -0.25) is 28.7 Å². The minimum atomic E-state index is -0.490. The van der Waals surface area contributed by atoms with Gasteiger partial charge in [-0.2, -0.15) is 12.6 Å². The Labute approximate surface area is 309 Å². The third-order valence-electron chi connectivity index (χ3n) is 7.10. The number of rotatable bonds is 8. The van der Waals surface area contributed by atoms with Gasteiger partial charge in [0, 0.05) is 29.9 Å². The van der Waals surface area contributed by atoms with Crippen molar-refractivity contribution >= 4 is 85.9 Å². The van der Waals surface area contributed by atoms with Crippen LogP contribution in [-0.4, -0.2) is 49.7 Å². The summed E-state index contributed by atoms with van der Waals surface area (Å²) in [5.41, 5.74) is 1.63. The molecule has 0 amide bonds. The molecule has 0 radical (unpaired) electrons. The maximum absolute atomic E-state index is 12.3. The van der Waals surface area contributed by atoms with Crippen LogP contribution in [0.15, 0.2) is 77.6 Å². The smallest absolute Gasteiger partial charge is 0.309 e. The first-order valence-electron chi connectivity index (χ1n) is 15.2. The fourth-order valence-corrected chi connectivity index (χ4v) is 6.13. The van der Waals surface area contributed by atoms with Crippen molar-refractivity contribution < 1.29 is 0 Å². The molecule has 0 spiro atoms. The molecule has 4 heterocycles. The van der Waals surface area contributed by atoms with E-state index in [9.17, 15) is 19.2 Å². The van der Waals surface area contributed by atoms with Gasteiger partial charge in [0.2, 0.25) is 0 Å². The molecule has 0 aliphatic rings. The van der Waals surface area contributed by atoms with Crippen molar-refractivity contribution in [3.8, 4) is 0 Å². The Morgan fingerprint density at radius 3 is 1.61 bits per heavy atom. The third kappa shape index (κ3) is 9.19. The van der Waals surface area contributed by atoms with Crippen molar-refractivity contribution in [1.29, 1.82) is 0 Å². The van der Waals surface area contributed by atoms with E-state index in [2.05, 4.69) is 62.3 Å². The predicted molar refractivity (Wildman–Crippen MR) is 205 cm³/mol. The van der Waals surface area contributed by atoms with Gasteiger partial charge in [0.25, 0.3) is 11.1 Å². The van der Waals surface area contributed by atoms with Gasteiger partial charge < -0.3 is 9.13 Å². The molecule has 260 valence electrons. The lowest BCUT2D eigenvalue weighted by molar-refractivity contribution is 0.727. The number of thiol groups is 1. The van der Waals surface area contributed by atoms with Gasteiger partial charge in [-0.1, -0.05) is 73.1 Å². The number of aryl methyl sites for hydroxylation is 2. The number of H-pyrrole nitrogens is 2. The minimum Gasteiger partial charge on any atom is -0.309 e. The van der Waals surface area contributed by atoms with E-state index >= 15 is 0 Å². The zero-order chi connectivity index (χ0) is 35.8. The number of halogens is 3. The van der Waals surface area contributed by atoms with E-state index in [4.69, 9.17) is 23.2 Å². The van der Waals surface area contributed by atoms with E-state index in [-0.39, 0.29) is 0 Å². The van der Waals surface area contributed by atoms with E-state index in [0.717, 1.165) is 34.2 Å². The summed E-state index contributed by atoms with van der Waals surface area (Å²) in [6.07, 6.45) is 2.17. The Kier molecular flexibility index (Phi) is 13.6. The first kappa shape index (κ1) is 38.3. The molecule has 0 saturated carbocycles. The molecule has 0 unspecified atom stereocenters. The van der Waals surface area contributed by atoms with E-state index < -0.39 is 22.5 Å². The largest absolute Gasteiger partial charge is 0.329 e. The van der Waals surface area contributed by atoms with Crippen LogP contribution in [-0.2, 0) is 27.2 Å². The molecular formula is C32H35BrCl2N8O4S2. The maximum Gasteiger partial charge on any atom is 0.329 e.